The maximum absolute atomic E-state index is 12.9. The van der Waals surface area contributed by atoms with Crippen LogP contribution in [0.3, 0.4) is 0 Å². The molecule has 1 heterocycles. The lowest BCUT2D eigenvalue weighted by molar-refractivity contribution is -0.139. The molecule has 0 unspecified atom stereocenters. The summed E-state index contributed by atoms with van der Waals surface area (Å²) < 4.78 is 38.7. The van der Waals surface area contributed by atoms with E-state index < -0.39 is 23.8 Å². The SMILES string of the molecule is C[C@@H](ONC(=O)c1cccs1)c1ccccc1C(F)(F)F. The molecule has 0 aliphatic rings. The molecule has 0 fully saturated rings. The lowest BCUT2D eigenvalue weighted by Crippen LogP contribution is -2.25. The molecule has 1 aromatic heterocycles. The van der Waals surface area contributed by atoms with Crippen molar-refractivity contribution in [2.45, 2.75) is 19.2 Å². The summed E-state index contributed by atoms with van der Waals surface area (Å²) in [6, 6.07) is 8.40. The van der Waals surface area contributed by atoms with Crippen LogP contribution in [0.5, 0.6) is 0 Å². The van der Waals surface area contributed by atoms with Crippen molar-refractivity contribution in [3.05, 3.63) is 57.8 Å². The molecule has 1 atom stereocenters. The molecule has 0 aliphatic heterocycles. The Morgan fingerprint density at radius 3 is 2.57 bits per heavy atom. The minimum Gasteiger partial charge on any atom is -0.266 e. The minimum absolute atomic E-state index is 0.0310. The molecule has 1 aromatic carbocycles. The highest BCUT2D eigenvalue weighted by Gasteiger charge is 2.34. The Labute approximate surface area is 123 Å². The third-order valence-corrected chi connectivity index (χ3v) is 3.65. The van der Waals surface area contributed by atoms with E-state index in [-0.39, 0.29) is 5.56 Å². The van der Waals surface area contributed by atoms with E-state index in [1.165, 1.54) is 36.5 Å². The van der Waals surface area contributed by atoms with Gasteiger partial charge in [0.1, 0.15) is 6.10 Å². The number of benzene rings is 1. The van der Waals surface area contributed by atoms with Crippen molar-refractivity contribution in [2.75, 3.05) is 0 Å². The normalized spacial score (nSPS) is 13.0. The highest BCUT2D eigenvalue weighted by Crippen LogP contribution is 2.35. The summed E-state index contributed by atoms with van der Waals surface area (Å²) in [4.78, 5) is 17.2. The molecule has 0 aliphatic carbocycles. The quantitative estimate of drug-likeness (QED) is 0.859. The van der Waals surface area contributed by atoms with Gasteiger partial charge in [0.2, 0.25) is 0 Å². The van der Waals surface area contributed by atoms with E-state index in [4.69, 9.17) is 4.84 Å². The fourth-order valence-electron chi connectivity index (χ4n) is 1.77. The topological polar surface area (TPSA) is 38.3 Å². The third-order valence-electron chi connectivity index (χ3n) is 2.78. The van der Waals surface area contributed by atoms with Crippen molar-refractivity contribution in [1.29, 1.82) is 0 Å². The van der Waals surface area contributed by atoms with E-state index in [0.29, 0.717) is 4.88 Å². The number of alkyl halides is 3. The summed E-state index contributed by atoms with van der Waals surface area (Å²) in [6.45, 7) is 1.44. The first-order chi connectivity index (χ1) is 9.89. The fraction of sp³-hybridized carbons (Fsp3) is 0.214. The van der Waals surface area contributed by atoms with Crippen molar-refractivity contribution in [3.63, 3.8) is 0 Å². The maximum Gasteiger partial charge on any atom is 0.416 e. The fourth-order valence-corrected chi connectivity index (χ4v) is 2.38. The molecule has 0 spiro atoms. The molecule has 112 valence electrons. The zero-order valence-electron chi connectivity index (χ0n) is 11.0. The molecule has 1 N–H and O–H groups in total. The Bertz CT molecular complexity index is 611. The first-order valence-corrected chi connectivity index (χ1v) is 6.93. The van der Waals surface area contributed by atoms with Gasteiger partial charge in [0, 0.05) is 0 Å². The average molecular weight is 315 g/mol. The number of rotatable bonds is 4. The average Bonchev–Trinajstić information content (AvgIpc) is 2.97. The highest BCUT2D eigenvalue weighted by atomic mass is 32.1. The third kappa shape index (κ3) is 3.83. The Kier molecular flexibility index (Phi) is 4.64. The summed E-state index contributed by atoms with van der Waals surface area (Å²) in [5, 5.41) is 1.72. The largest absolute Gasteiger partial charge is 0.416 e. The number of carbonyl (C=O) groups is 1. The molecular weight excluding hydrogens is 303 g/mol. The van der Waals surface area contributed by atoms with Crippen LogP contribution in [0.4, 0.5) is 13.2 Å². The van der Waals surface area contributed by atoms with Gasteiger partial charge >= 0.3 is 6.18 Å². The van der Waals surface area contributed by atoms with Gasteiger partial charge in [-0.2, -0.15) is 13.2 Å². The molecule has 0 radical (unpaired) electrons. The van der Waals surface area contributed by atoms with Gasteiger partial charge in [0.15, 0.2) is 0 Å². The van der Waals surface area contributed by atoms with Crippen LogP contribution in [0, 0.1) is 0 Å². The van der Waals surface area contributed by atoms with Crippen LogP contribution in [0.15, 0.2) is 41.8 Å². The van der Waals surface area contributed by atoms with Gasteiger partial charge in [-0.15, -0.1) is 11.3 Å². The number of thiophene rings is 1. The second kappa shape index (κ2) is 6.28. The van der Waals surface area contributed by atoms with Gasteiger partial charge in [-0.3, -0.25) is 9.63 Å². The highest BCUT2D eigenvalue weighted by molar-refractivity contribution is 7.12. The lowest BCUT2D eigenvalue weighted by Gasteiger charge is -2.18. The smallest absolute Gasteiger partial charge is 0.266 e. The maximum atomic E-state index is 12.9. The Balaban J connectivity index is 2.07. The summed E-state index contributed by atoms with van der Waals surface area (Å²) in [6.07, 6.45) is -5.39. The Morgan fingerprint density at radius 1 is 1.24 bits per heavy atom. The number of halogens is 3. The number of amides is 1. The Morgan fingerprint density at radius 2 is 1.95 bits per heavy atom. The summed E-state index contributed by atoms with van der Waals surface area (Å²) >= 11 is 1.21. The number of nitrogens with one attached hydrogen (secondary N) is 1. The molecule has 2 aromatic rings. The van der Waals surface area contributed by atoms with Gasteiger partial charge in [-0.05, 0) is 30.0 Å². The van der Waals surface area contributed by atoms with Crippen LogP contribution >= 0.6 is 11.3 Å². The summed E-state index contributed by atoms with van der Waals surface area (Å²) in [7, 11) is 0. The number of hydrogen-bond donors (Lipinski definition) is 1. The van der Waals surface area contributed by atoms with Crippen LogP contribution in [0.2, 0.25) is 0 Å². The lowest BCUT2D eigenvalue weighted by atomic mass is 10.0. The zero-order valence-corrected chi connectivity index (χ0v) is 11.8. The monoisotopic (exact) mass is 315 g/mol. The van der Waals surface area contributed by atoms with E-state index in [1.807, 2.05) is 0 Å². The van der Waals surface area contributed by atoms with Gasteiger partial charge in [0.25, 0.3) is 5.91 Å². The van der Waals surface area contributed by atoms with Crippen LogP contribution in [-0.4, -0.2) is 5.91 Å². The molecular formula is C14H12F3NO2S. The second-order valence-corrected chi connectivity index (χ2v) is 5.20. The molecule has 7 heteroatoms. The molecule has 0 saturated carbocycles. The Hall–Kier alpha value is -1.86. The second-order valence-electron chi connectivity index (χ2n) is 4.25. The van der Waals surface area contributed by atoms with Gasteiger partial charge in [-0.1, -0.05) is 24.3 Å². The van der Waals surface area contributed by atoms with Crippen molar-refractivity contribution >= 4 is 17.2 Å². The van der Waals surface area contributed by atoms with E-state index >= 15 is 0 Å². The summed E-state index contributed by atoms with van der Waals surface area (Å²) in [5.41, 5.74) is 1.36. The first kappa shape index (κ1) is 15.5. The standard InChI is InChI=1S/C14H12F3NO2S/c1-9(20-18-13(19)12-7-4-8-21-12)10-5-2-3-6-11(10)14(15,16)17/h2-9H,1H3,(H,18,19)/t9-/m1/s1. The predicted octanol–water partition coefficient (Wildman–Crippen LogP) is 4.19. The van der Waals surface area contributed by atoms with E-state index in [0.717, 1.165) is 6.07 Å². The van der Waals surface area contributed by atoms with Gasteiger partial charge in [-0.25, -0.2) is 5.48 Å². The number of hydroxylamine groups is 1. The molecule has 3 nitrogen and oxygen atoms in total. The van der Waals surface area contributed by atoms with Crippen LogP contribution < -0.4 is 5.48 Å². The molecule has 2 rings (SSSR count). The number of carbonyl (C=O) groups excluding carboxylic acids is 1. The van der Waals surface area contributed by atoms with Crippen LogP contribution in [-0.2, 0) is 11.0 Å². The molecule has 1 amide bonds. The summed E-state index contributed by atoms with van der Waals surface area (Å²) in [5.74, 6) is -0.485. The van der Waals surface area contributed by atoms with E-state index in [2.05, 4.69) is 5.48 Å². The van der Waals surface area contributed by atoms with Crippen molar-refractivity contribution in [2.24, 2.45) is 0 Å². The molecule has 21 heavy (non-hydrogen) atoms. The van der Waals surface area contributed by atoms with Crippen molar-refractivity contribution in [1.82, 2.24) is 5.48 Å². The first-order valence-electron chi connectivity index (χ1n) is 6.05. The van der Waals surface area contributed by atoms with Crippen LogP contribution in [0.25, 0.3) is 0 Å². The number of hydrogen-bond acceptors (Lipinski definition) is 3. The van der Waals surface area contributed by atoms with Gasteiger partial charge in [0.05, 0.1) is 10.4 Å². The molecule has 0 saturated heterocycles. The van der Waals surface area contributed by atoms with E-state index in [1.54, 1.807) is 17.5 Å². The van der Waals surface area contributed by atoms with Gasteiger partial charge < -0.3 is 0 Å². The zero-order chi connectivity index (χ0) is 15.5. The van der Waals surface area contributed by atoms with Crippen molar-refractivity contribution in [3.8, 4) is 0 Å². The van der Waals surface area contributed by atoms with Crippen LogP contribution in [0.1, 0.15) is 33.8 Å². The minimum atomic E-state index is -4.47. The molecule has 0 bridgehead atoms. The predicted molar refractivity (Wildman–Crippen MR) is 72.7 cm³/mol. The van der Waals surface area contributed by atoms with Crippen molar-refractivity contribution < 1.29 is 22.8 Å². The van der Waals surface area contributed by atoms with E-state index in [9.17, 15) is 18.0 Å².